The highest BCUT2D eigenvalue weighted by atomic mass is 32.2. The molecule has 2 aliphatic heterocycles. The summed E-state index contributed by atoms with van der Waals surface area (Å²) >= 11 is 3.52. The molecule has 2 aromatic heterocycles. The minimum atomic E-state index is -0.135. The van der Waals surface area contributed by atoms with Crippen molar-refractivity contribution in [3.63, 3.8) is 0 Å². The Morgan fingerprint density at radius 3 is 2.86 bits per heavy atom. The number of morpholine rings is 1. The fraction of sp³-hybridized carbons (Fsp3) is 0.714. The molecule has 2 aromatic rings. The van der Waals surface area contributed by atoms with Crippen LogP contribution in [0.4, 0.5) is 5.82 Å². The van der Waals surface area contributed by atoms with Crippen LogP contribution in [0.1, 0.15) is 44.1 Å². The molecule has 0 spiro atoms. The maximum absolute atomic E-state index is 6.04. The molecule has 4 rings (SSSR count). The van der Waals surface area contributed by atoms with Crippen LogP contribution in [0, 0.1) is 0 Å². The lowest BCUT2D eigenvalue weighted by molar-refractivity contribution is -0.0379. The molecule has 29 heavy (non-hydrogen) atoms. The van der Waals surface area contributed by atoms with Gasteiger partial charge >= 0.3 is 0 Å². The maximum atomic E-state index is 6.04. The van der Waals surface area contributed by atoms with Gasteiger partial charge in [-0.25, -0.2) is 9.97 Å². The second kappa shape index (κ2) is 9.47. The number of aromatic nitrogens is 2. The second-order valence-corrected chi connectivity index (χ2v) is 10.5. The van der Waals surface area contributed by atoms with Gasteiger partial charge < -0.3 is 14.8 Å². The van der Waals surface area contributed by atoms with Crippen LogP contribution in [0.25, 0.3) is 10.2 Å². The molecule has 8 heteroatoms. The van der Waals surface area contributed by atoms with Gasteiger partial charge in [-0.15, -0.1) is 11.3 Å². The first kappa shape index (κ1) is 21.3. The van der Waals surface area contributed by atoms with Crippen molar-refractivity contribution in [1.82, 2.24) is 14.9 Å². The fourth-order valence-electron chi connectivity index (χ4n) is 3.85. The number of fused-ring (bicyclic) bond motifs is 3. The van der Waals surface area contributed by atoms with E-state index < -0.39 is 0 Å². The standard InChI is InChI=1S/C21H32N4O2S2/c1-4-12-28-20-23-18(22-6-5-7-25-8-10-26-11-9-25)17-15-13-21(2,3)27-14-16(15)29-19(17)24-20/h4-14H2,1-3H3,(H,22,23,24). The molecule has 2 aliphatic rings. The number of nitrogens with one attached hydrogen (secondary N) is 1. The third-order valence-corrected chi connectivity index (χ3v) is 7.55. The van der Waals surface area contributed by atoms with Crippen molar-refractivity contribution in [3.05, 3.63) is 10.4 Å². The van der Waals surface area contributed by atoms with Crippen LogP contribution in [0.5, 0.6) is 0 Å². The Kier molecular flexibility index (Phi) is 6.96. The van der Waals surface area contributed by atoms with E-state index in [1.807, 2.05) is 0 Å². The van der Waals surface area contributed by atoms with Crippen molar-refractivity contribution in [2.45, 2.75) is 57.4 Å². The minimum absolute atomic E-state index is 0.135. The van der Waals surface area contributed by atoms with E-state index in [4.69, 9.17) is 19.4 Å². The summed E-state index contributed by atoms with van der Waals surface area (Å²) in [5.74, 6) is 2.05. The summed E-state index contributed by atoms with van der Waals surface area (Å²) in [4.78, 5) is 14.7. The number of hydrogen-bond acceptors (Lipinski definition) is 8. The molecular weight excluding hydrogens is 404 g/mol. The number of ether oxygens (including phenoxy) is 2. The topological polar surface area (TPSA) is 59.5 Å². The van der Waals surface area contributed by atoms with Crippen molar-refractivity contribution in [1.29, 1.82) is 0 Å². The van der Waals surface area contributed by atoms with Crippen molar-refractivity contribution in [2.75, 3.05) is 50.5 Å². The molecule has 0 aromatic carbocycles. The summed E-state index contributed by atoms with van der Waals surface area (Å²) in [7, 11) is 0. The molecule has 0 saturated carbocycles. The lowest BCUT2D eigenvalue weighted by Gasteiger charge is -2.30. The van der Waals surface area contributed by atoms with E-state index in [1.54, 1.807) is 23.1 Å². The van der Waals surface area contributed by atoms with Crippen molar-refractivity contribution in [2.24, 2.45) is 0 Å². The molecule has 0 unspecified atom stereocenters. The highest BCUT2D eigenvalue weighted by Gasteiger charge is 2.31. The quantitative estimate of drug-likeness (QED) is 0.378. The number of anilines is 1. The largest absolute Gasteiger partial charge is 0.379 e. The number of thioether (sulfide) groups is 1. The van der Waals surface area contributed by atoms with Crippen LogP contribution in [0.3, 0.4) is 0 Å². The number of thiophene rings is 1. The molecule has 1 fully saturated rings. The molecule has 0 bridgehead atoms. The normalized spacial score (nSPS) is 19.4. The van der Waals surface area contributed by atoms with Crippen LogP contribution in [0.2, 0.25) is 0 Å². The molecule has 0 aliphatic carbocycles. The first-order valence-corrected chi connectivity index (χ1v) is 12.5. The smallest absolute Gasteiger partial charge is 0.190 e. The van der Waals surface area contributed by atoms with Crippen LogP contribution >= 0.6 is 23.1 Å². The van der Waals surface area contributed by atoms with E-state index in [1.165, 1.54) is 15.8 Å². The molecule has 6 nitrogen and oxygen atoms in total. The van der Waals surface area contributed by atoms with Crippen molar-refractivity contribution < 1.29 is 9.47 Å². The summed E-state index contributed by atoms with van der Waals surface area (Å²) in [6, 6.07) is 0. The Hall–Kier alpha value is -0.930. The lowest BCUT2D eigenvalue weighted by Crippen LogP contribution is -2.37. The Bertz CT molecular complexity index is 834. The monoisotopic (exact) mass is 436 g/mol. The average Bonchev–Trinajstić information content (AvgIpc) is 3.07. The molecular formula is C21H32N4O2S2. The van der Waals surface area contributed by atoms with Gasteiger partial charge in [0.05, 0.1) is 30.8 Å². The summed E-state index contributed by atoms with van der Waals surface area (Å²) in [6.45, 7) is 13.0. The van der Waals surface area contributed by atoms with Gasteiger partial charge in [-0.05, 0) is 38.8 Å². The molecule has 160 valence electrons. The van der Waals surface area contributed by atoms with Gasteiger partial charge in [0.15, 0.2) is 5.16 Å². The predicted octanol–water partition coefficient (Wildman–Crippen LogP) is 4.18. The van der Waals surface area contributed by atoms with E-state index in [9.17, 15) is 0 Å². The fourth-order valence-corrected chi connectivity index (χ4v) is 5.70. The molecule has 0 amide bonds. The van der Waals surface area contributed by atoms with Gasteiger partial charge in [0.2, 0.25) is 0 Å². The Morgan fingerprint density at radius 2 is 2.07 bits per heavy atom. The van der Waals surface area contributed by atoms with Crippen LogP contribution in [-0.2, 0) is 22.5 Å². The molecule has 4 heterocycles. The third kappa shape index (κ3) is 5.22. The molecule has 0 atom stereocenters. The number of nitrogens with zero attached hydrogens (tertiary/aromatic N) is 3. The number of hydrogen-bond donors (Lipinski definition) is 1. The SMILES string of the molecule is CCCSc1nc(NCCCN2CCOCC2)c2c3c(sc2n1)COC(C)(C)C3. The predicted molar refractivity (Wildman–Crippen MR) is 121 cm³/mol. The highest BCUT2D eigenvalue weighted by molar-refractivity contribution is 7.99. The Labute approximate surface area is 181 Å². The zero-order chi connectivity index (χ0) is 20.3. The van der Waals surface area contributed by atoms with E-state index in [0.717, 1.165) is 80.2 Å². The zero-order valence-corrected chi connectivity index (χ0v) is 19.4. The van der Waals surface area contributed by atoms with Crippen LogP contribution in [-0.4, -0.2) is 65.6 Å². The Balaban J connectivity index is 1.53. The zero-order valence-electron chi connectivity index (χ0n) is 17.8. The molecule has 1 saturated heterocycles. The lowest BCUT2D eigenvalue weighted by atomic mass is 9.94. The number of rotatable bonds is 8. The summed E-state index contributed by atoms with van der Waals surface area (Å²) in [6.07, 6.45) is 3.14. The van der Waals surface area contributed by atoms with Gasteiger partial charge in [-0.3, -0.25) is 4.90 Å². The van der Waals surface area contributed by atoms with Gasteiger partial charge in [0.1, 0.15) is 10.6 Å². The summed E-state index contributed by atoms with van der Waals surface area (Å²) < 4.78 is 11.5. The highest BCUT2D eigenvalue weighted by Crippen LogP contribution is 2.41. The Morgan fingerprint density at radius 1 is 1.24 bits per heavy atom. The van der Waals surface area contributed by atoms with Gasteiger partial charge in [0, 0.05) is 36.7 Å². The molecule has 0 radical (unpaired) electrons. The summed E-state index contributed by atoms with van der Waals surface area (Å²) in [5, 5.41) is 5.75. The van der Waals surface area contributed by atoms with E-state index >= 15 is 0 Å². The maximum Gasteiger partial charge on any atom is 0.190 e. The first-order valence-electron chi connectivity index (χ1n) is 10.7. The second-order valence-electron chi connectivity index (χ2n) is 8.35. The molecule has 1 N–H and O–H groups in total. The van der Waals surface area contributed by atoms with Gasteiger partial charge in [-0.1, -0.05) is 18.7 Å². The first-order chi connectivity index (χ1) is 14.1. The van der Waals surface area contributed by atoms with E-state index in [-0.39, 0.29) is 5.60 Å². The van der Waals surface area contributed by atoms with Crippen molar-refractivity contribution in [3.8, 4) is 0 Å². The summed E-state index contributed by atoms with van der Waals surface area (Å²) in [5.41, 5.74) is 1.24. The average molecular weight is 437 g/mol. The minimum Gasteiger partial charge on any atom is -0.379 e. The third-order valence-electron chi connectivity index (χ3n) is 5.39. The van der Waals surface area contributed by atoms with Crippen LogP contribution in [0.15, 0.2) is 5.16 Å². The van der Waals surface area contributed by atoms with Gasteiger partial charge in [-0.2, -0.15) is 0 Å². The van der Waals surface area contributed by atoms with E-state index in [2.05, 4.69) is 31.0 Å². The van der Waals surface area contributed by atoms with E-state index in [0.29, 0.717) is 6.61 Å². The van der Waals surface area contributed by atoms with Crippen LogP contribution < -0.4 is 5.32 Å². The van der Waals surface area contributed by atoms with Gasteiger partial charge in [0.25, 0.3) is 0 Å². The van der Waals surface area contributed by atoms with Crippen molar-refractivity contribution >= 4 is 39.1 Å².